The molecule has 0 aliphatic heterocycles. The molecule has 0 aliphatic rings. The normalized spacial score (nSPS) is 11.2. The van der Waals surface area contributed by atoms with Crippen LogP contribution in [0.3, 0.4) is 0 Å². The Kier molecular flexibility index (Phi) is 45.9. The molecule has 1 N–H and O–H groups in total. The zero-order valence-electron chi connectivity index (χ0n) is 28.8. The molecule has 0 radical (unpaired) electrons. The monoisotopic (exact) mass is 704 g/mol. The zero-order valence-corrected chi connectivity index (χ0v) is 31.1. The molecule has 8 heteroatoms. The van der Waals surface area contributed by atoms with Crippen LogP contribution in [0.15, 0.2) is 48.6 Å². The summed E-state index contributed by atoms with van der Waals surface area (Å²) in [6.07, 6.45) is 45.2. The third-order valence-corrected chi connectivity index (χ3v) is 7.45. The predicted molar refractivity (Wildman–Crippen MR) is 199 cm³/mol. The van der Waals surface area contributed by atoms with Gasteiger partial charge in [-0.3, -0.25) is 19.2 Å². The summed E-state index contributed by atoms with van der Waals surface area (Å²) in [5.41, 5.74) is 0. The Balaban J connectivity index is -0.000000682. The number of carbonyl (C=O) groups excluding carboxylic acids is 3. The first-order valence-corrected chi connectivity index (χ1v) is 18.7. The number of unbranched alkanes of at least 4 members (excludes halogenated alkanes) is 16. The Bertz CT molecular complexity index is 766. The quantitative estimate of drug-likeness (QED) is 0.0362. The maximum atomic E-state index is 10.5. The molecule has 0 saturated carbocycles. The first-order chi connectivity index (χ1) is 22.2. The summed E-state index contributed by atoms with van der Waals surface area (Å²) in [7, 11) is 0. The van der Waals surface area contributed by atoms with E-state index < -0.39 is 16.5 Å². The highest BCUT2D eigenvalue weighted by atomic mass is 35.5. The summed E-state index contributed by atoms with van der Waals surface area (Å²) < 4.78 is 0. The Morgan fingerprint density at radius 3 is 1.04 bits per heavy atom. The molecule has 0 bridgehead atoms. The molecule has 0 atom stereocenters. The van der Waals surface area contributed by atoms with Crippen molar-refractivity contribution < 1.29 is 24.3 Å². The van der Waals surface area contributed by atoms with Crippen LogP contribution in [-0.4, -0.2) is 26.8 Å². The number of halogens is 3. The Hall–Kier alpha value is -1.69. The molecule has 0 rings (SSSR count). The van der Waals surface area contributed by atoms with E-state index in [4.69, 9.17) is 16.7 Å². The number of carboxylic acids is 1. The van der Waals surface area contributed by atoms with E-state index in [1.807, 2.05) is 0 Å². The lowest BCUT2D eigenvalue weighted by Crippen LogP contribution is -1.94. The fourth-order valence-corrected chi connectivity index (χ4v) is 4.30. The lowest BCUT2D eigenvalue weighted by atomic mass is 10.1. The van der Waals surface area contributed by atoms with Crippen LogP contribution in [0.1, 0.15) is 168 Å². The second kappa shape index (κ2) is 43.3. The average Bonchev–Trinajstić information content (AvgIpc) is 3.01. The van der Waals surface area contributed by atoms with Gasteiger partial charge in [-0.15, -0.1) is 0 Å². The number of rotatable bonds is 29. The number of allylic oxidation sites excluding steroid dienone is 8. The first-order valence-electron chi connectivity index (χ1n) is 17.6. The molecule has 0 amide bonds. The smallest absolute Gasteiger partial charge is 0.304 e. The molecule has 0 fully saturated rings. The van der Waals surface area contributed by atoms with E-state index in [1.54, 1.807) is 0 Å². The van der Waals surface area contributed by atoms with Gasteiger partial charge in [0.2, 0.25) is 5.24 Å². The van der Waals surface area contributed by atoms with E-state index >= 15 is 0 Å². The largest absolute Gasteiger partial charge is 0.481 e. The molecule has 0 aromatic carbocycles. The lowest BCUT2D eigenvalue weighted by molar-refractivity contribution is -0.137. The van der Waals surface area contributed by atoms with Crippen LogP contribution >= 0.6 is 34.8 Å². The molecule has 266 valence electrons. The van der Waals surface area contributed by atoms with Crippen molar-refractivity contribution in [1.29, 1.82) is 0 Å². The highest BCUT2D eigenvalue weighted by Crippen LogP contribution is 2.10. The van der Waals surface area contributed by atoms with Crippen LogP contribution in [0.4, 0.5) is 0 Å². The molecule has 0 spiro atoms. The molecular weight excluding hydrogens is 643 g/mol. The molecule has 5 nitrogen and oxygen atoms in total. The van der Waals surface area contributed by atoms with Gasteiger partial charge in [0.15, 0.2) is 0 Å². The molecule has 0 saturated heterocycles. The second-order valence-corrected chi connectivity index (χ2v) is 12.4. The molecule has 0 unspecified atom stereocenters. The third-order valence-electron chi connectivity index (χ3n) is 6.82. The fraction of sp³-hybridized carbons (Fsp3) is 0.684. The van der Waals surface area contributed by atoms with E-state index in [2.05, 4.69) is 85.7 Å². The van der Waals surface area contributed by atoms with E-state index in [-0.39, 0.29) is 5.24 Å². The fourth-order valence-electron chi connectivity index (χ4n) is 4.16. The van der Waals surface area contributed by atoms with Gasteiger partial charge in [-0.1, -0.05) is 127 Å². The van der Waals surface area contributed by atoms with Gasteiger partial charge in [0.25, 0.3) is 0 Å². The minimum absolute atomic E-state index is 0.198. The second-order valence-electron chi connectivity index (χ2n) is 11.3. The SMILES string of the molecule is CCCCC/C=C\C/C=C/CCCCCCCC(=O)Cl.CCCCC/C=C\C/C=C/CCCCCCCC(=O)O.O=C(Cl)C(=O)Cl. The third kappa shape index (κ3) is 54.8. The minimum Gasteiger partial charge on any atom is -0.481 e. The molecule has 0 aromatic rings. The highest BCUT2D eigenvalue weighted by molar-refractivity contribution is 6.97. The van der Waals surface area contributed by atoms with Crippen LogP contribution in [0.25, 0.3) is 0 Å². The Labute approximate surface area is 296 Å². The van der Waals surface area contributed by atoms with Crippen molar-refractivity contribution in [2.75, 3.05) is 0 Å². The van der Waals surface area contributed by atoms with E-state index in [1.165, 1.54) is 96.3 Å². The average molecular weight is 706 g/mol. The summed E-state index contributed by atoms with van der Waals surface area (Å²) in [5, 5.41) is 6.02. The van der Waals surface area contributed by atoms with Gasteiger partial charge in [-0.25, -0.2) is 0 Å². The number of carbonyl (C=O) groups is 4. The van der Waals surface area contributed by atoms with E-state index in [0.717, 1.165) is 44.9 Å². The predicted octanol–water partition coefficient (Wildman–Crippen LogP) is 13.0. The van der Waals surface area contributed by atoms with E-state index in [0.29, 0.717) is 12.8 Å². The topological polar surface area (TPSA) is 88.5 Å². The summed E-state index contributed by atoms with van der Waals surface area (Å²) in [6.45, 7) is 4.47. The van der Waals surface area contributed by atoms with Gasteiger partial charge in [0.05, 0.1) is 0 Å². The van der Waals surface area contributed by atoms with Gasteiger partial charge in [0.1, 0.15) is 0 Å². The van der Waals surface area contributed by atoms with Gasteiger partial charge < -0.3 is 5.11 Å². The van der Waals surface area contributed by atoms with E-state index in [9.17, 15) is 19.2 Å². The summed E-state index contributed by atoms with van der Waals surface area (Å²) in [6, 6.07) is 0. The van der Waals surface area contributed by atoms with Crippen molar-refractivity contribution >= 4 is 56.5 Å². The first kappa shape index (κ1) is 48.7. The van der Waals surface area contributed by atoms with Crippen molar-refractivity contribution in [3.8, 4) is 0 Å². The summed E-state index contributed by atoms with van der Waals surface area (Å²) in [4.78, 5) is 39.7. The van der Waals surface area contributed by atoms with Crippen molar-refractivity contribution in [2.24, 2.45) is 0 Å². The van der Waals surface area contributed by atoms with Crippen molar-refractivity contribution in [1.82, 2.24) is 0 Å². The van der Waals surface area contributed by atoms with Gasteiger partial charge in [0, 0.05) is 12.8 Å². The highest BCUT2D eigenvalue weighted by Gasteiger charge is 2.02. The number of aliphatic carboxylic acids is 1. The zero-order chi connectivity index (χ0) is 34.9. The molecule has 0 aromatic heterocycles. The lowest BCUT2D eigenvalue weighted by Gasteiger charge is -1.98. The molecule has 0 aliphatic carbocycles. The molecular formula is C38H63Cl3O5. The van der Waals surface area contributed by atoms with Crippen LogP contribution in [0.2, 0.25) is 0 Å². The molecule has 46 heavy (non-hydrogen) atoms. The maximum Gasteiger partial charge on any atom is 0.304 e. The maximum absolute atomic E-state index is 10.5. The number of hydrogen-bond donors (Lipinski definition) is 1. The van der Waals surface area contributed by atoms with Gasteiger partial charge >= 0.3 is 16.5 Å². The van der Waals surface area contributed by atoms with Crippen LogP contribution in [0.5, 0.6) is 0 Å². The van der Waals surface area contributed by atoms with Gasteiger partial charge in [-0.05, 0) is 112 Å². The Morgan fingerprint density at radius 1 is 0.435 bits per heavy atom. The van der Waals surface area contributed by atoms with Crippen molar-refractivity contribution in [3.63, 3.8) is 0 Å². The standard InChI is InChI=1S/C18H31ClO.C18H32O2.C2Cl2O2/c2*1-2-3-4-5-6-7-8-9-10-11-12-13-14-15-16-17-18(19)20;3-1(5)2(4)6/h6-7,9-10H,2-5,8,11-17H2,1H3;6-7,9-10H,2-5,8,11-17H2,1H3,(H,19,20);/b2*7-6-,10-9+;. The Morgan fingerprint density at radius 2 is 0.739 bits per heavy atom. The molecule has 0 heterocycles. The summed E-state index contributed by atoms with van der Waals surface area (Å²) in [5.74, 6) is -0.671. The van der Waals surface area contributed by atoms with Crippen molar-refractivity contribution in [3.05, 3.63) is 48.6 Å². The summed E-state index contributed by atoms with van der Waals surface area (Å²) >= 11 is 14.3. The minimum atomic E-state index is -1.14. The van der Waals surface area contributed by atoms with Crippen molar-refractivity contribution in [2.45, 2.75) is 168 Å². The van der Waals surface area contributed by atoms with Crippen LogP contribution in [-0.2, 0) is 19.2 Å². The number of carboxylic acid groups (broad SMARTS) is 1. The van der Waals surface area contributed by atoms with Crippen LogP contribution < -0.4 is 0 Å². The van der Waals surface area contributed by atoms with Crippen LogP contribution in [0, 0.1) is 0 Å². The van der Waals surface area contributed by atoms with Gasteiger partial charge in [-0.2, -0.15) is 0 Å². The number of hydrogen-bond acceptors (Lipinski definition) is 4.